The van der Waals surface area contributed by atoms with Gasteiger partial charge in [0.05, 0.1) is 0 Å². The zero-order valence-corrected chi connectivity index (χ0v) is 15.9. The Morgan fingerprint density at radius 3 is 2.60 bits per heavy atom. The number of hydrogen-bond acceptors (Lipinski definition) is 5. The molecule has 0 bridgehead atoms. The fourth-order valence-corrected chi connectivity index (χ4v) is 3.19. The molecule has 0 fully saturated rings. The van der Waals surface area contributed by atoms with Crippen molar-refractivity contribution in [3.8, 4) is 17.2 Å². The van der Waals surface area contributed by atoms with Crippen LogP contribution in [-0.2, 0) is 4.79 Å². The lowest BCUT2D eigenvalue weighted by Gasteiger charge is -2.08. The first-order chi connectivity index (χ1) is 14.7. The van der Waals surface area contributed by atoms with E-state index in [4.69, 9.17) is 9.15 Å². The van der Waals surface area contributed by atoms with Crippen molar-refractivity contribution in [2.75, 3.05) is 11.9 Å². The number of rotatable bonds is 5. The van der Waals surface area contributed by atoms with E-state index in [0.29, 0.717) is 28.6 Å². The lowest BCUT2D eigenvalue weighted by atomic mass is 10.1. The van der Waals surface area contributed by atoms with E-state index in [1.165, 1.54) is 0 Å². The predicted molar refractivity (Wildman–Crippen MR) is 115 cm³/mol. The summed E-state index contributed by atoms with van der Waals surface area (Å²) in [6.45, 7) is -0.0725. The second-order valence-corrected chi connectivity index (χ2v) is 6.77. The van der Waals surface area contributed by atoms with Crippen molar-refractivity contribution in [1.82, 2.24) is 9.97 Å². The molecule has 5 aromatic rings. The van der Waals surface area contributed by atoms with Crippen LogP contribution in [0, 0.1) is 0 Å². The van der Waals surface area contributed by atoms with Crippen molar-refractivity contribution in [3.05, 3.63) is 85.1 Å². The number of oxazole rings is 1. The lowest BCUT2D eigenvalue weighted by Crippen LogP contribution is -2.20. The molecule has 146 valence electrons. The Kier molecular flexibility index (Phi) is 4.57. The molecule has 0 spiro atoms. The van der Waals surface area contributed by atoms with E-state index in [1.54, 1.807) is 24.4 Å². The number of aromatic nitrogens is 2. The standard InChI is InChI=1S/C24H17N3O3/c28-22(15-29-20-12-9-16-4-1-2-5-18(16)14-20)26-19-10-7-17(8-11-19)24-27-23-21(30-24)6-3-13-25-23/h1-14H,15H2,(H,26,28). The number of amides is 1. The minimum atomic E-state index is -0.234. The number of pyridine rings is 1. The van der Waals surface area contributed by atoms with E-state index in [2.05, 4.69) is 15.3 Å². The molecule has 0 radical (unpaired) electrons. The van der Waals surface area contributed by atoms with Gasteiger partial charge in [-0.1, -0.05) is 30.3 Å². The summed E-state index contributed by atoms with van der Waals surface area (Å²) in [5.74, 6) is 0.909. The summed E-state index contributed by atoms with van der Waals surface area (Å²) in [7, 11) is 0. The molecule has 0 atom stereocenters. The number of anilines is 1. The Morgan fingerprint density at radius 2 is 1.77 bits per heavy atom. The predicted octanol–water partition coefficient (Wildman–Crippen LogP) is 5.06. The van der Waals surface area contributed by atoms with Crippen LogP contribution in [0.3, 0.4) is 0 Å². The maximum Gasteiger partial charge on any atom is 0.262 e. The monoisotopic (exact) mass is 395 g/mol. The Bertz CT molecular complexity index is 1310. The van der Waals surface area contributed by atoms with Gasteiger partial charge < -0.3 is 14.5 Å². The summed E-state index contributed by atoms with van der Waals surface area (Å²) < 4.78 is 11.3. The molecule has 0 aliphatic carbocycles. The van der Waals surface area contributed by atoms with Crippen LogP contribution >= 0.6 is 0 Å². The molecule has 0 aliphatic heterocycles. The third kappa shape index (κ3) is 3.71. The highest BCUT2D eigenvalue weighted by atomic mass is 16.5. The zero-order valence-electron chi connectivity index (χ0n) is 15.9. The average molecular weight is 395 g/mol. The van der Waals surface area contributed by atoms with Gasteiger partial charge in [-0.3, -0.25) is 4.79 Å². The molecule has 3 aromatic carbocycles. The van der Waals surface area contributed by atoms with Crippen LogP contribution in [0.1, 0.15) is 0 Å². The minimum absolute atomic E-state index is 0.0725. The van der Waals surface area contributed by atoms with Gasteiger partial charge in [-0.2, -0.15) is 4.98 Å². The summed E-state index contributed by atoms with van der Waals surface area (Å²) in [6, 6.07) is 24.7. The number of nitrogens with zero attached hydrogens (tertiary/aromatic N) is 2. The van der Waals surface area contributed by atoms with Crippen molar-refractivity contribution in [2.45, 2.75) is 0 Å². The molecule has 2 heterocycles. The Morgan fingerprint density at radius 1 is 0.933 bits per heavy atom. The molecule has 5 rings (SSSR count). The van der Waals surface area contributed by atoms with Crippen molar-refractivity contribution >= 4 is 33.6 Å². The van der Waals surface area contributed by atoms with Crippen molar-refractivity contribution in [2.24, 2.45) is 0 Å². The van der Waals surface area contributed by atoms with Gasteiger partial charge in [-0.25, -0.2) is 4.98 Å². The Hall–Kier alpha value is -4.19. The highest BCUT2D eigenvalue weighted by molar-refractivity contribution is 5.92. The quantitative estimate of drug-likeness (QED) is 0.450. The molecule has 0 unspecified atom stereocenters. The number of fused-ring (bicyclic) bond motifs is 2. The van der Waals surface area contributed by atoms with Gasteiger partial charge in [0, 0.05) is 17.4 Å². The number of benzene rings is 3. The number of ether oxygens (including phenoxy) is 1. The molecule has 1 N–H and O–H groups in total. The maximum atomic E-state index is 12.2. The molecule has 6 heteroatoms. The van der Waals surface area contributed by atoms with Crippen molar-refractivity contribution in [1.29, 1.82) is 0 Å². The zero-order chi connectivity index (χ0) is 20.3. The fourth-order valence-electron chi connectivity index (χ4n) is 3.19. The fraction of sp³-hybridized carbons (Fsp3) is 0.0417. The largest absolute Gasteiger partial charge is 0.484 e. The Labute approximate surface area is 172 Å². The molecule has 2 aromatic heterocycles. The minimum Gasteiger partial charge on any atom is -0.484 e. The number of hydrogen-bond donors (Lipinski definition) is 1. The Balaban J connectivity index is 1.22. The smallest absolute Gasteiger partial charge is 0.262 e. The van der Waals surface area contributed by atoms with Crippen LogP contribution in [0.4, 0.5) is 5.69 Å². The molecule has 30 heavy (non-hydrogen) atoms. The number of nitrogens with one attached hydrogen (secondary N) is 1. The summed E-state index contributed by atoms with van der Waals surface area (Å²) in [6.07, 6.45) is 1.67. The van der Waals surface area contributed by atoms with Crippen LogP contribution in [0.2, 0.25) is 0 Å². The first-order valence-electron chi connectivity index (χ1n) is 9.48. The van der Waals surface area contributed by atoms with Gasteiger partial charge >= 0.3 is 0 Å². The van der Waals surface area contributed by atoms with Crippen LogP contribution in [-0.4, -0.2) is 22.5 Å². The second kappa shape index (κ2) is 7.67. The second-order valence-electron chi connectivity index (χ2n) is 6.77. The third-order valence-electron chi connectivity index (χ3n) is 4.67. The molecule has 0 saturated carbocycles. The van der Waals surface area contributed by atoms with E-state index in [9.17, 15) is 4.79 Å². The van der Waals surface area contributed by atoms with Gasteiger partial charge in [-0.05, 0) is 59.3 Å². The molecule has 1 amide bonds. The van der Waals surface area contributed by atoms with Crippen LogP contribution < -0.4 is 10.1 Å². The van der Waals surface area contributed by atoms with Gasteiger partial charge in [0.2, 0.25) is 5.89 Å². The van der Waals surface area contributed by atoms with Crippen molar-refractivity contribution < 1.29 is 13.9 Å². The van der Waals surface area contributed by atoms with Gasteiger partial charge in [-0.15, -0.1) is 0 Å². The summed E-state index contributed by atoms with van der Waals surface area (Å²) in [5, 5.41) is 5.03. The van der Waals surface area contributed by atoms with E-state index in [-0.39, 0.29) is 12.5 Å². The van der Waals surface area contributed by atoms with Crippen LogP contribution in [0.5, 0.6) is 5.75 Å². The third-order valence-corrected chi connectivity index (χ3v) is 4.67. The van der Waals surface area contributed by atoms with Gasteiger partial charge in [0.1, 0.15) is 5.75 Å². The van der Waals surface area contributed by atoms with E-state index < -0.39 is 0 Å². The molecule has 0 aliphatic rings. The summed E-state index contributed by atoms with van der Waals surface area (Å²) in [4.78, 5) is 20.8. The average Bonchev–Trinajstić information content (AvgIpc) is 3.22. The maximum absolute atomic E-state index is 12.2. The lowest BCUT2D eigenvalue weighted by molar-refractivity contribution is -0.118. The highest BCUT2D eigenvalue weighted by Crippen LogP contribution is 2.24. The first-order valence-corrected chi connectivity index (χ1v) is 9.48. The summed E-state index contributed by atoms with van der Waals surface area (Å²) >= 11 is 0. The van der Waals surface area contributed by atoms with E-state index >= 15 is 0 Å². The van der Waals surface area contributed by atoms with E-state index in [1.807, 2.05) is 60.7 Å². The van der Waals surface area contributed by atoms with Gasteiger partial charge in [0.25, 0.3) is 5.91 Å². The first kappa shape index (κ1) is 17.9. The topological polar surface area (TPSA) is 77.2 Å². The number of carbonyl (C=O) groups is 1. The van der Waals surface area contributed by atoms with E-state index in [0.717, 1.165) is 16.3 Å². The number of carbonyl (C=O) groups excluding carboxylic acids is 1. The molecular weight excluding hydrogens is 378 g/mol. The van der Waals surface area contributed by atoms with Crippen LogP contribution in [0.15, 0.2) is 89.5 Å². The highest BCUT2D eigenvalue weighted by Gasteiger charge is 2.09. The summed E-state index contributed by atoms with van der Waals surface area (Å²) in [5.41, 5.74) is 2.67. The molecule has 0 saturated heterocycles. The normalized spacial score (nSPS) is 10.9. The van der Waals surface area contributed by atoms with Crippen LogP contribution in [0.25, 0.3) is 33.5 Å². The SMILES string of the molecule is O=C(COc1ccc2ccccc2c1)Nc1ccc(-c2nc3ncccc3o2)cc1. The molecule has 6 nitrogen and oxygen atoms in total. The molecular formula is C24H17N3O3. The van der Waals surface area contributed by atoms with Crippen molar-refractivity contribution in [3.63, 3.8) is 0 Å². The van der Waals surface area contributed by atoms with Gasteiger partial charge in [0.15, 0.2) is 17.8 Å².